The fourth-order valence-electron chi connectivity index (χ4n) is 2.68. The number of nitrogens with one attached hydrogen (secondary N) is 1. The van der Waals surface area contributed by atoms with E-state index in [1.165, 1.54) is 5.56 Å². The number of hydrogen-bond donors (Lipinski definition) is 1. The van der Waals surface area contributed by atoms with Crippen LogP contribution in [0.4, 0.5) is 0 Å². The van der Waals surface area contributed by atoms with E-state index in [0.717, 1.165) is 24.4 Å². The summed E-state index contributed by atoms with van der Waals surface area (Å²) in [4.78, 5) is 12.4. The van der Waals surface area contributed by atoms with Crippen LogP contribution in [0.25, 0.3) is 0 Å². The Morgan fingerprint density at radius 1 is 1.19 bits per heavy atom. The lowest BCUT2D eigenvalue weighted by molar-refractivity contribution is 0.0907. The molecular weight excluding hydrogens is 342 g/mol. The van der Waals surface area contributed by atoms with Gasteiger partial charge in [0.05, 0.1) is 11.7 Å². The lowest BCUT2D eigenvalue weighted by Gasteiger charge is -2.10. The first-order chi connectivity index (χ1) is 13.1. The van der Waals surface area contributed by atoms with Crippen molar-refractivity contribution in [3.8, 4) is 5.75 Å². The number of furan rings is 1. The van der Waals surface area contributed by atoms with Crippen molar-refractivity contribution < 1.29 is 13.9 Å². The van der Waals surface area contributed by atoms with E-state index in [-0.39, 0.29) is 24.3 Å². The van der Waals surface area contributed by atoms with Crippen molar-refractivity contribution in [1.82, 2.24) is 15.1 Å². The zero-order chi connectivity index (χ0) is 19.2. The topological polar surface area (TPSA) is 69.3 Å². The lowest BCUT2D eigenvalue weighted by Crippen LogP contribution is -2.26. The van der Waals surface area contributed by atoms with E-state index in [9.17, 15) is 4.79 Å². The number of carbonyl (C=O) groups excluding carboxylic acids is 1. The van der Waals surface area contributed by atoms with E-state index in [0.29, 0.717) is 5.76 Å². The number of amides is 1. The van der Waals surface area contributed by atoms with Gasteiger partial charge in [0.15, 0.2) is 5.76 Å². The maximum absolute atomic E-state index is 12.4. The number of aromatic nitrogens is 2. The molecule has 0 saturated carbocycles. The summed E-state index contributed by atoms with van der Waals surface area (Å²) in [6.45, 7) is 7.10. The zero-order valence-corrected chi connectivity index (χ0v) is 15.9. The van der Waals surface area contributed by atoms with Crippen LogP contribution in [0.15, 0.2) is 53.1 Å². The summed E-state index contributed by atoms with van der Waals surface area (Å²) < 4.78 is 13.2. The SMILES string of the molecule is CCc1ccc(OCc2ccc(C(=O)NC(C)c3ccn(CC)n3)o2)cc1. The first kappa shape index (κ1) is 18.8. The summed E-state index contributed by atoms with van der Waals surface area (Å²) in [5.74, 6) is 1.36. The number of rotatable bonds is 8. The summed E-state index contributed by atoms with van der Waals surface area (Å²) in [5.41, 5.74) is 2.08. The van der Waals surface area contributed by atoms with Crippen LogP contribution < -0.4 is 10.1 Å². The van der Waals surface area contributed by atoms with Crippen molar-refractivity contribution in [1.29, 1.82) is 0 Å². The van der Waals surface area contributed by atoms with Gasteiger partial charge >= 0.3 is 0 Å². The molecule has 0 aliphatic heterocycles. The van der Waals surface area contributed by atoms with E-state index in [1.807, 2.05) is 55.1 Å². The van der Waals surface area contributed by atoms with Crippen molar-refractivity contribution in [3.63, 3.8) is 0 Å². The van der Waals surface area contributed by atoms with Gasteiger partial charge in [-0.3, -0.25) is 9.48 Å². The molecule has 27 heavy (non-hydrogen) atoms. The summed E-state index contributed by atoms with van der Waals surface area (Å²) >= 11 is 0. The van der Waals surface area contributed by atoms with Gasteiger partial charge in [-0.05, 0) is 56.2 Å². The molecule has 0 spiro atoms. The first-order valence-corrected chi connectivity index (χ1v) is 9.23. The molecule has 6 heteroatoms. The molecule has 6 nitrogen and oxygen atoms in total. The van der Waals surface area contributed by atoms with E-state index >= 15 is 0 Å². The molecule has 1 aromatic carbocycles. The Labute approximate surface area is 159 Å². The van der Waals surface area contributed by atoms with E-state index in [2.05, 4.69) is 17.3 Å². The molecular formula is C21H25N3O3. The molecule has 1 N–H and O–H groups in total. The fourth-order valence-corrected chi connectivity index (χ4v) is 2.68. The van der Waals surface area contributed by atoms with Crippen LogP contribution in [0.2, 0.25) is 0 Å². The molecule has 0 bridgehead atoms. The van der Waals surface area contributed by atoms with Gasteiger partial charge in [-0.1, -0.05) is 19.1 Å². The van der Waals surface area contributed by atoms with Gasteiger partial charge in [-0.15, -0.1) is 0 Å². The highest BCUT2D eigenvalue weighted by Gasteiger charge is 2.16. The molecule has 1 atom stereocenters. The summed E-state index contributed by atoms with van der Waals surface area (Å²) in [6, 6.07) is 13.1. The standard InChI is InChI=1S/C21H25N3O3/c1-4-16-6-8-17(9-7-16)26-14-18-10-11-20(27-18)21(25)22-15(3)19-12-13-24(5-2)23-19/h6-13,15H,4-5,14H2,1-3H3,(H,22,25). The molecule has 2 aromatic heterocycles. The van der Waals surface area contributed by atoms with Crippen molar-refractivity contribution in [2.45, 2.75) is 46.4 Å². The average molecular weight is 367 g/mol. The summed E-state index contributed by atoms with van der Waals surface area (Å²) in [5, 5.41) is 7.31. The number of ether oxygens (including phenoxy) is 1. The van der Waals surface area contributed by atoms with Crippen LogP contribution in [0.3, 0.4) is 0 Å². The molecule has 2 heterocycles. The molecule has 0 aliphatic rings. The summed E-state index contributed by atoms with van der Waals surface area (Å²) in [7, 11) is 0. The molecule has 142 valence electrons. The maximum atomic E-state index is 12.4. The van der Waals surface area contributed by atoms with E-state index in [1.54, 1.807) is 12.1 Å². The monoisotopic (exact) mass is 367 g/mol. The highest BCUT2D eigenvalue weighted by molar-refractivity contribution is 5.91. The molecule has 0 saturated heterocycles. The van der Waals surface area contributed by atoms with Crippen molar-refractivity contribution in [3.05, 3.63) is 71.4 Å². The molecule has 0 fully saturated rings. The van der Waals surface area contributed by atoms with Crippen LogP contribution in [0, 0.1) is 0 Å². The lowest BCUT2D eigenvalue weighted by atomic mass is 10.2. The normalized spacial score (nSPS) is 12.0. The Hall–Kier alpha value is -3.02. The van der Waals surface area contributed by atoms with E-state index < -0.39 is 0 Å². The zero-order valence-electron chi connectivity index (χ0n) is 15.9. The second kappa shape index (κ2) is 8.58. The predicted octanol–water partition coefficient (Wildman–Crippen LogP) is 4.13. The highest BCUT2D eigenvalue weighted by atomic mass is 16.5. The number of aryl methyl sites for hydroxylation is 2. The quantitative estimate of drug-likeness (QED) is 0.650. The largest absolute Gasteiger partial charge is 0.486 e. The number of carbonyl (C=O) groups is 1. The minimum absolute atomic E-state index is 0.202. The third-order valence-electron chi connectivity index (χ3n) is 4.37. The van der Waals surface area contributed by atoms with Gasteiger partial charge in [0, 0.05) is 12.7 Å². The minimum atomic E-state index is -0.271. The first-order valence-electron chi connectivity index (χ1n) is 9.23. The maximum Gasteiger partial charge on any atom is 0.287 e. The highest BCUT2D eigenvalue weighted by Crippen LogP contribution is 2.17. The number of benzene rings is 1. The molecule has 0 radical (unpaired) electrons. The third kappa shape index (κ3) is 4.78. The van der Waals surface area contributed by atoms with Crippen LogP contribution in [-0.4, -0.2) is 15.7 Å². The predicted molar refractivity (Wildman–Crippen MR) is 103 cm³/mol. The van der Waals surface area contributed by atoms with Gasteiger partial charge in [-0.25, -0.2) is 0 Å². The van der Waals surface area contributed by atoms with Gasteiger partial charge in [0.1, 0.15) is 18.1 Å². The Kier molecular flexibility index (Phi) is 5.96. The molecule has 0 aliphatic carbocycles. The second-order valence-electron chi connectivity index (χ2n) is 6.34. The van der Waals surface area contributed by atoms with Crippen LogP contribution in [-0.2, 0) is 19.6 Å². The Balaban J connectivity index is 1.55. The van der Waals surface area contributed by atoms with Gasteiger partial charge in [0.25, 0.3) is 5.91 Å². The van der Waals surface area contributed by atoms with Crippen LogP contribution in [0.1, 0.15) is 54.4 Å². The van der Waals surface area contributed by atoms with Crippen LogP contribution in [0.5, 0.6) is 5.75 Å². The minimum Gasteiger partial charge on any atom is -0.486 e. The third-order valence-corrected chi connectivity index (χ3v) is 4.37. The van der Waals surface area contributed by atoms with Gasteiger partial charge in [-0.2, -0.15) is 5.10 Å². The fraction of sp³-hybridized carbons (Fsp3) is 0.333. The van der Waals surface area contributed by atoms with E-state index in [4.69, 9.17) is 9.15 Å². The molecule has 1 unspecified atom stereocenters. The molecule has 3 aromatic rings. The number of nitrogens with zero attached hydrogens (tertiary/aromatic N) is 2. The van der Waals surface area contributed by atoms with Crippen LogP contribution >= 0.6 is 0 Å². The van der Waals surface area contributed by atoms with Gasteiger partial charge in [0.2, 0.25) is 0 Å². The van der Waals surface area contributed by atoms with Gasteiger partial charge < -0.3 is 14.5 Å². The summed E-state index contributed by atoms with van der Waals surface area (Å²) in [6.07, 6.45) is 2.89. The van der Waals surface area contributed by atoms with Crippen molar-refractivity contribution in [2.75, 3.05) is 0 Å². The smallest absolute Gasteiger partial charge is 0.287 e. The Morgan fingerprint density at radius 2 is 1.96 bits per heavy atom. The Morgan fingerprint density at radius 3 is 2.63 bits per heavy atom. The average Bonchev–Trinajstić information content (AvgIpc) is 3.36. The molecule has 1 amide bonds. The molecule has 3 rings (SSSR count). The van der Waals surface area contributed by atoms with Crippen molar-refractivity contribution >= 4 is 5.91 Å². The Bertz CT molecular complexity index is 880. The van der Waals surface area contributed by atoms with Crippen molar-refractivity contribution in [2.24, 2.45) is 0 Å². The second-order valence-corrected chi connectivity index (χ2v) is 6.34. The number of hydrogen-bond acceptors (Lipinski definition) is 4.